The molecule has 1 aliphatic rings. The molecule has 0 saturated heterocycles. The van der Waals surface area contributed by atoms with Gasteiger partial charge < -0.3 is 5.11 Å². The van der Waals surface area contributed by atoms with Gasteiger partial charge in [-0.3, -0.25) is 0 Å². The number of carboxylic acid groups (broad SMARTS) is 1. The molecule has 1 aromatic carbocycles. The summed E-state index contributed by atoms with van der Waals surface area (Å²) in [4.78, 5) is 17.6. The molecule has 1 aliphatic heterocycles. The van der Waals surface area contributed by atoms with Gasteiger partial charge in [-0.15, -0.1) is 0 Å². The van der Waals surface area contributed by atoms with Crippen LogP contribution in [0.3, 0.4) is 0 Å². The predicted molar refractivity (Wildman–Crippen MR) is 67.2 cm³/mol. The van der Waals surface area contributed by atoms with Crippen molar-refractivity contribution in [3.05, 3.63) is 46.7 Å². The lowest BCUT2D eigenvalue weighted by atomic mass is 10.0. The van der Waals surface area contributed by atoms with Crippen molar-refractivity contribution in [1.82, 2.24) is 0 Å². The van der Waals surface area contributed by atoms with Gasteiger partial charge in [-0.1, -0.05) is 0 Å². The molecule has 2 rings (SSSR count). The van der Waals surface area contributed by atoms with Crippen LogP contribution in [-0.2, 0) is 17.1 Å². The first-order chi connectivity index (χ1) is 10.5. The average molecular weight is 336 g/mol. The Morgan fingerprint density at radius 1 is 1.00 bits per heavy atom. The normalized spacial score (nSPS) is 16.8. The van der Waals surface area contributed by atoms with Crippen molar-refractivity contribution in [2.24, 2.45) is 9.98 Å². The molecule has 0 radical (unpaired) electrons. The lowest BCUT2D eigenvalue weighted by Crippen LogP contribution is -2.13. The molecule has 0 amide bonds. The van der Waals surface area contributed by atoms with Gasteiger partial charge in [0, 0.05) is 5.56 Å². The minimum Gasteiger partial charge on any atom is -0.478 e. The minimum atomic E-state index is -4.99. The maximum Gasteiger partial charge on any atom is 0.416 e. The summed E-state index contributed by atoms with van der Waals surface area (Å²) in [6.45, 7) is 0. The maximum atomic E-state index is 12.7. The third-order valence-corrected chi connectivity index (χ3v) is 2.67. The van der Waals surface area contributed by atoms with Crippen molar-refractivity contribution in [2.45, 2.75) is 12.4 Å². The summed E-state index contributed by atoms with van der Waals surface area (Å²) >= 11 is 0. The zero-order valence-electron chi connectivity index (χ0n) is 10.9. The van der Waals surface area contributed by atoms with E-state index in [1.54, 1.807) is 0 Å². The molecule has 0 atom stereocenters. The molecule has 10 heteroatoms. The first-order valence-electron chi connectivity index (χ1n) is 5.84. The molecule has 0 unspecified atom stereocenters. The SMILES string of the molecule is O=C(O)C=C1C=NC(c2cc(C(F)(F)F)cc(C(F)(F)F)c2)=N1. The molecule has 0 spiro atoms. The Hall–Kier alpha value is -2.65. The number of aliphatic carboxylic acids is 1. The Kier molecular flexibility index (Phi) is 4.01. The lowest BCUT2D eigenvalue weighted by molar-refractivity contribution is -0.143. The quantitative estimate of drug-likeness (QED) is 0.663. The number of rotatable bonds is 2. The second-order valence-corrected chi connectivity index (χ2v) is 4.40. The monoisotopic (exact) mass is 336 g/mol. The Morgan fingerprint density at radius 3 is 1.96 bits per heavy atom. The highest BCUT2D eigenvalue weighted by Crippen LogP contribution is 2.36. The molecular weight excluding hydrogens is 330 g/mol. The second kappa shape index (κ2) is 5.52. The van der Waals surface area contributed by atoms with Gasteiger partial charge in [-0.05, 0) is 18.2 Å². The van der Waals surface area contributed by atoms with Gasteiger partial charge in [0.1, 0.15) is 0 Å². The van der Waals surface area contributed by atoms with E-state index in [1.165, 1.54) is 0 Å². The van der Waals surface area contributed by atoms with Gasteiger partial charge in [0.2, 0.25) is 0 Å². The van der Waals surface area contributed by atoms with Crippen molar-refractivity contribution in [2.75, 3.05) is 0 Å². The molecule has 0 saturated carbocycles. The number of halogens is 6. The average Bonchev–Trinajstić information content (AvgIpc) is 2.83. The Morgan fingerprint density at radius 2 is 1.52 bits per heavy atom. The molecule has 0 bridgehead atoms. The minimum absolute atomic E-state index is 0.0171. The molecule has 1 N–H and O–H groups in total. The van der Waals surface area contributed by atoms with Crippen molar-refractivity contribution < 1.29 is 36.2 Å². The third kappa shape index (κ3) is 3.96. The summed E-state index contributed by atoms with van der Waals surface area (Å²) < 4.78 is 76.4. The number of allylic oxidation sites excluding steroid dienone is 1. The van der Waals surface area contributed by atoms with Gasteiger partial charge in [-0.25, -0.2) is 14.8 Å². The number of aliphatic imine (C=N–C) groups is 2. The Labute approximate surface area is 124 Å². The first kappa shape index (κ1) is 16.7. The third-order valence-electron chi connectivity index (χ3n) is 2.67. The zero-order chi connectivity index (χ0) is 17.4. The van der Waals surface area contributed by atoms with E-state index in [2.05, 4.69) is 9.98 Å². The molecule has 0 aliphatic carbocycles. The van der Waals surface area contributed by atoms with E-state index >= 15 is 0 Å². The van der Waals surface area contributed by atoms with Crippen LogP contribution >= 0.6 is 0 Å². The first-order valence-corrected chi connectivity index (χ1v) is 5.84. The lowest BCUT2D eigenvalue weighted by Gasteiger charge is -2.13. The van der Waals surface area contributed by atoms with E-state index in [4.69, 9.17) is 5.11 Å². The number of carboxylic acids is 1. The highest BCUT2D eigenvalue weighted by atomic mass is 19.4. The topological polar surface area (TPSA) is 62.0 Å². The fourth-order valence-corrected chi connectivity index (χ4v) is 1.73. The number of hydrogen-bond donors (Lipinski definition) is 1. The van der Waals surface area contributed by atoms with E-state index in [1.807, 2.05) is 0 Å². The summed E-state index contributed by atoms with van der Waals surface area (Å²) in [6, 6.07) is 0.918. The number of benzene rings is 1. The molecule has 1 heterocycles. The Balaban J connectivity index is 2.56. The molecule has 4 nitrogen and oxygen atoms in total. The standard InChI is InChI=1S/C13H6F6N2O2/c14-12(15,16)7-1-6(2-8(3-7)13(17,18)19)11-20-5-9(21-11)4-10(22)23/h1-5H,(H,22,23). The van der Waals surface area contributed by atoms with Gasteiger partial charge in [0.25, 0.3) is 0 Å². The Bertz CT molecular complexity index is 712. The van der Waals surface area contributed by atoms with Crippen LogP contribution in [-0.4, -0.2) is 23.1 Å². The van der Waals surface area contributed by atoms with Crippen molar-refractivity contribution >= 4 is 18.0 Å². The van der Waals surface area contributed by atoms with E-state index in [9.17, 15) is 31.1 Å². The smallest absolute Gasteiger partial charge is 0.416 e. The van der Waals surface area contributed by atoms with E-state index < -0.39 is 40.8 Å². The van der Waals surface area contributed by atoms with Crippen LogP contribution in [0.15, 0.2) is 40.0 Å². The fraction of sp³-hybridized carbons (Fsp3) is 0.154. The summed E-state index contributed by atoms with van der Waals surface area (Å²) in [5, 5.41) is 8.53. The van der Waals surface area contributed by atoms with Gasteiger partial charge >= 0.3 is 18.3 Å². The molecule has 0 fully saturated rings. The summed E-state index contributed by atoms with van der Waals surface area (Å²) in [5.41, 5.74) is -3.72. The number of nitrogens with zero attached hydrogens (tertiary/aromatic N) is 2. The number of hydrogen-bond acceptors (Lipinski definition) is 3. The second-order valence-electron chi connectivity index (χ2n) is 4.40. The zero-order valence-corrected chi connectivity index (χ0v) is 10.9. The van der Waals surface area contributed by atoms with Crippen LogP contribution in [0.1, 0.15) is 16.7 Å². The molecule has 1 aromatic rings. The number of carbonyl (C=O) groups is 1. The molecule has 23 heavy (non-hydrogen) atoms. The van der Waals surface area contributed by atoms with Crippen LogP contribution in [0.25, 0.3) is 0 Å². The van der Waals surface area contributed by atoms with Crippen LogP contribution < -0.4 is 0 Å². The highest BCUT2D eigenvalue weighted by molar-refractivity contribution is 6.11. The molecular formula is C13H6F6N2O2. The van der Waals surface area contributed by atoms with Crippen LogP contribution in [0.5, 0.6) is 0 Å². The van der Waals surface area contributed by atoms with Crippen LogP contribution in [0.4, 0.5) is 26.3 Å². The summed E-state index contributed by atoms with van der Waals surface area (Å²) in [5.74, 6) is -1.81. The fourth-order valence-electron chi connectivity index (χ4n) is 1.73. The van der Waals surface area contributed by atoms with Crippen molar-refractivity contribution in [3.8, 4) is 0 Å². The highest BCUT2D eigenvalue weighted by Gasteiger charge is 2.37. The van der Waals surface area contributed by atoms with E-state index in [0.29, 0.717) is 18.2 Å². The van der Waals surface area contributed by atoms with Crippen LogP contribution in [0.2, 0.25) is 0 Å². The van der Waals surface area contributed by atoms with Gasteiger partial charge in [0.05, 0.1) is 29.1 Å². The van der Waals surface area contributed by atoms with Gasteiger partial charge in [-0.2, -0.15) is 26.3 Å². The largest absolute Gasteiger partial charge is 0.478 e. The maximum absolute atomic E-state index is 12.7. The van der Waals surface area contributed by atoms with E-state index in [-0.39, 0.29) is 11.8 Å². The predicted octanol–water partition coefficient (Wildman–Crippen LogP) is 3.52. The number of amidine groups is 1. The number of alkyl halides is 6. The molecule has 0 aromatic heterocycles. The van der Waals surface area contributed by atoms with Crippen LogP contribution in [0, 0.1) is 0 Å². The summed E-state index contributed by atoms with van der Waals surface area (Å²) in [7, 11) is 0. The summed E-state index contributed by atoms with van der Waals surface area (Å²) in [6.07, 6.45) is -8.43. The molecule has 122 valence electrons. The van der Waals surface area contributed by atoms with Crippen molar-refractivity contribution in [1.29, 1.82) is 0 Å². The van der Waals surface area contributed by atoms with E-state index in [0.717, 1.165) is 6.21 Å². The van der Waals surface area contributed by atoms with Gasteiger partial charge in [0.15, 0.2) is 5.84 Å². The van der Waals surface area contributed by atoms with Crippen molar-refractivity contribution in [3.63, 3.8) is 0 Å².